The van der Waals surface area contributed by atoms with Gasteiger partial charge in [0.05, 0.1) is 11.8 Å². The molecule has 1 N–H and O–H groups in total. The number of nitrogens with one attached hydrogen (secondary N) is 1. The van der Waals surface area contributed by atoms with Crippen molar-refractivity contribution in [2.75, 3.05) is 18.1 Å². The number of carbonyl (C=O) groups excluding carboxylic acids is 2. The summed E-state index contributed by atoms with van der Waals surface area (Å²) in [5, 5.41) is 12.1. The third-order valence-corrected chi connectivity index (χ3v) is 4.71. The van der Waals surface area contributed by atoms with Crippen molar-refractivity contribution in [3.8, 4) is 11.8 Å². The monoisotopic (exact) mass is 377 g/mol. The first-order valence-electron chi connectivity index (χ1n) is 7.48. The molecule has 1 aliphatic heterocycles. The molecule has 1 heterocycles. The van der Waals surface area contributed by atoms with Crippen LogP contribution in [0.3, 0.4) is 0 Å². The van der Waals surface area contributed by atoms with E-state index in [1.54, 1.807) is 18.2 Å². The van der Waals surface area contributed by atoms with E-state index < -0.39 is 5.54 Å². The van der Waals surface area contributed by atoms with Crippen LogP contribution < -0.4 is 15.0 Å². The maximum absolute atomic E-state index is 12.3. The molecule has 0 aromatic heterocycles. The van der Waals surface area contributed by atoms with Crippen LogP contribution in [0.4, 0.5) is 5.69 Å². The van der Waals surface area contributed by atoms with Crippen LogP contribution in [0.5, 0.6) is 5.75 Å². The molecule has 23 heavy (non-hydrogen) atoms. The molecule has 2 aliphatic rings. The predicted octanol–water partition coefficient (Wildman–Crippen LogP) is 2.13. The molecule has 0 radical (unpaired) electrons. The summed E-state index contributed by atoms with van der Waals surface area (Å²) in [6.45, 7) is -0.208. The summed E-state index contributed by atoms with van der Waals surface area (Å²) in [5.41, 5.74) is -0.216. The van der Waals surface area contributed by atoms with Gasteiger partial charge in [-0.3, -0.25) is 14.5 Å². The normalized spacial score (nSPS) is 18.8. The summed E-state index contributed by atoms with van der Waals surface area (Å²) >= 11 is 3.35. The molecule has 1 fully saturated rings. The Morgan fingerprint density at radius 3 is 2.87 bits per heavy atom. The highest BCUT2D eigenvalue weighted by atomic mass is 79.9. The Hall–Kier alpha value is -2.07. The second kappa shape index (κ2) is 6.20. The number of fused-ring (bicyclic) bond motifs is 1. The van der Waals surface area contributed by atoms with Crippen LogP contribution in [0.15, 0.2) is 22.7 Å². The number of amides is 2. The molecule has 6 nitrogen and oxygen atoms in total. The number of nitriles is 1. The van der Waals surface area contributed by atoms with Gasteiger partial charge in [0, 0.05) is 4.47 Å². The molecule has 7 heteroatoms. The first kappa shape index (κ1) is 15.8. The topological polar surface area (TPSA) is 82.4 Å². The minimum atomic E-state index is -0.783. The molecule has 1 aromatic rings. The lowest BCUT2D eigenvalue weighted by Gasteiger charge is -2.30. The Bertz CT molecular complexity index is 692. The smallest absolute Gasteiger partial charge is 0.265 e. The molecule has 3 rings (SSSR count). The average molecular weight is 378 g/mol. The molecule has 2 amide bonds. The Labute approximate surface area is 142 Å². The van der Waals surface area contributed by atoms with E-state index in [1.165, 1.54) is 4.90 Å². The van der Waals surface area contributed by atoms with Crippen LogP contribution in [-0.2, 0) is 9.59 Å². The minimum Gasteiger partial charge on any atom is -0.482 e. The number of carbonyl (C=O) groups is 2. The van der Waals surface area contributed by atoms with Gasteiger partial charge in [-0.05, 0) is 43.9 Å². The summed E-state index contributed by atoms with van der Waals surface area (Å²) in [6.07, 6.45) is 3.19. The predicted molar refractivity (Wildman–Crippen MR) is 86.9 cm³/mol. The van der Waals surface area contributed by atoms with Crippen molar-refractivity contribution < 1.29 is 14.3 Å². The zero-order chi connectivity index (χ0) is 16.4. The van der Waals surface area contributed by atoms with E-state index in [-0.39, 0.29) is 25.0 Å². The highest BCUT2D eigenvalue weighted by Gasteiger charge is 2.36. The van der Waals surface area contributed by atoms with Gasteiger partial charge in [0.25, 0.3) is 5.91 Å². The van der Waals surface area contributed by atoms with Crippen molar-refractivity contribution in [2.24, 2.45) is 0 Å². The molecule has 120 valence electrons. The Morgan fingerprint density at radius 1 is 1.43 bits per heavy atom. The second-order valence-electron chi connectivity index (χ2n) is 5.83. The molecule has 1 aliphatic carbocycles. The van der Waals surface area contributed by atoms with Crippen molar-refractivity contribution in [3.63, 3.8) is 0 Å². The van der Waals surface area contributed by atoms with Crippen molar-refractivity contribution >= 4 is 33.4 Å². The number of ether oxygens (including phenoxy) is 1. The van der Waals surface area contributed by atoms with Crippen LogP contribution in [-0.4, -0.2) is 30.5 Å². The van der Waals surface area contributed by atoms with E-state index in [0.717, 1.165) is 17.3 Å². The lowest BCUT2D eigenvalue weighted by molar-refractivity contribution is -0.126. The number of nitrogens with zero attached hydrogens (tertiary/aromatic N) is 2. The quantitative estimate of drug-likeness (QED) is 0.874. The van der Waals surface area contributed by atoms with Gasteiger partial charge < -0.3 is 10.1 Å². The van der Waals surface area contributed by atoms with Gasteiger partial charge in [0.15, 0.2) is 6.61 Å². The third-order valence-electron chi connectivity index (χ3n) is 4.22. The van der Waals surface area contributed by atoms with E-state index in [0.29, 0.717) is 24.3 Å². The highest BCUT2D eigenvalue weighted by Crippen LogP contribution is 2.34. The van der Waals surface area contributed by atoms with Gasteiger partial charge in [0.1, 0.15) is 17.8 Å². The van der Waals surface area contributed by atoms with Crippen LogP contribution >= 0.6 is 15.9 Å². The number of benzene rings is 1. The number of hydrogen-bond donors (Lipinski definition) is 1. The molecule has 0 atom stereocenters. The fourth-order valence-corrected chi connectivity index (χ4v) is 3.39. The number of halogens is 1. The first-order chi connectivity index (χ1) is 11.0. The summed E-state index contributed by atoms with van der Waals surface area (Å²) in [7, 11) is 0. The molecule has 0 bridgehead atoms. The Morgan fingerprint density at radius 2 is 2.17 bits per heavy atom. The maximum atomic E-state index is 12.3. The van der Waals surface area contributed by atoms with Gasteiger partial charge in [-0.2, -0.15) is 5.26 Å². The van der Waals surface area contributed by atoms with E-state index in [9.17, 15) is 14.9 Å². The van der Waals surface area contributed by atoms with Crippen LogP contribution in [0.1, 0.15) is 25.7 Å². The Balaban J connectivity index is 1.76. The van der Waals surface area contributed by atoms with Gasteiger partial charge in [-0.25, -0.2) is 0 Å². The van der Waals surface area contributed by atoms with Crippen molar-refractivity contribution in [2.45, 2.75) is 31.2 Å². The van der Waals surface area contributed by atoms with E-state index >= 15 is 0 Å². The summed E-state index contributed by atoms with van der Waals surface area (Å²) in [4.78, 5) is 25.9. The van der Waals surface area contributed by atoms with Gasteiger partial charge in [-0.1, -0.05) is 15.9 Å². The molecule has 0 spiro atoms. The maximum Gasteiger partial charge on any atom is 0.265 e. The lowest BCUT2D eigenvalue weighted by atomic mass is 10.00. The summed E-state index contributed by atoms with van der Waals surface area (Å²) in [6, 6.07) is 7.51. The van der Waals surface area contributed by atoms with E-state index in [2.05, 4.69) is 27.3 Å². The Kier molecular flexibility index (Phi) is 4.26. The number of anilines is 1. The third kappa shape index (κ3) is 3.17. The molecule has 1 aromatic carbocycles. The summed E-state index contributed by atoms with van der Waals surface area (Å²) < 4.78 is 6.23. The van der Waals surface area contributed by atoms with Crippen molar-refractivity contribution in [1.29, 1.82) is 5.26 Å². The highest BCUT2D eigenvalue weighted by molar-refractivity contribution is 9.10. The minimum absolute atomic E-state index is 0.0971. The largest absolute Gasteiger partial charge is 0.482 e. The first-order valence-corrected chi connectivity index (χ1v) is 8.27. The van der Waals surface area contributed by atoms with Crippen molar-refractivity contribution in [1.82, 2.24) is 5.32 Å². The van der Waals surface area contributed by atoms with Crippen LogP contribution in [0.2, 0.25) is 0 Å². The fourth-order valence-electron chi connectivity index (χ4n) is 3.04. The fraction of sp³-hybridized carbons (Fsp3) is 0.438. The number of rotatable bonds is 3. The van der Waals surface area contributed by atoms with Gasteiger partial charge in [0.2, 0.25) is 5.91 Å². The molecule has 0 unspecified atom stereocenters. The number of hydrogen-bond acceptors (Lipinski definition) is 4. The second-order valence-corrected chi connectivity index (χ2v) is 6.75. The van der Waals surface area contributed by atoms with Crippen LogP contribution in [0.25, 0.3) is 0 Å². The molecule has 1 saturated carbocycles. The molecular formula is C16H16BrN3O3. The van der Waals surface area contributed by atoms with Gasteiger partial charge >= 0.3 is 0 Å². The standard InChI is InChI=1S/C16H16BrN3O3/c17-11-3-4-12-13(7-11)23-9-15(22)20(12)8-14(21)19-16(10-18)5-1-2-6-16/h3-4,7H,1-2,5-6,8-9H2,(H,19,21). The summed E-state index contributed by atoms with van der Waals surface area (Å²) in [5.74, 6) is -0.0346. The molecular weight excluding hydrogens is 362 g/mol. The van der Waals surface area contributed by atoms with Crippen molar-refractivity contribution in [3.05, 3.63) is 22.7 Å². The zero-order valence-corrected chi connectivity index (χ0v) is 14.1. The van der Waals surface area contributed by atoms with Crippen LogP contribution in [0, 0.1) is 11.3 Å². The van der Waals surface area contributed by atoms with Gasteiger partial charge in [-0.15, -0.1) is 0 Å². The van der Waals surface area contributed by atoms with E-state index in [1.807, 2.05) is 0 Å². The SMILES string of the molecule is N#CC1(NC(=O)CN2C(=O)COc3cc(Br)ccc32)CCCC1. The zero-order valence-electron chi connectivity index (χ0n) is 12.5. The average Bonchev–Trinajstić information content (AvgIpc) is 2.99. The lowest BCUT2D eigenvalue weighted by Crippen LogP contribution is -2.51. The van der Waals surface area contributed by atoms with E-state index in [4.69, 9.17) is 4.74 Å². The molecule has 0 saturated heterocycles.